The van der Waals surface area contributed by atoms with Gasteiger partial charge >= 0.3 is 10.1 Å². The minimum Gasteiger partial charge on any atom is -0.385 e. The molecule has 174 valence electrons. The summed E-state index contributed by atoms with van der Waals surface area (Å²) in [4.78, 5) is 11.0. The number of aldehydes is 1. The Hall–Kier alpha value is -2.38. The van der Waals surface area contributed by atoms with Crippen molar-refractivity contribution in [2.45, 2.75) is 51.6 Å². The fourth-order valence-electron chi connectivity index (χ4n) is 4.25. The van der Waals surface area contributed by atoms with Crippen molar-refractivity contribution >= 4 is 22.1 Å². The maximum absolute atomic E-state index is 11.3. The fraction of sp³-hybridized carbons (Fsp3) is 0.480. The van der Waals surface area contributed by atoms with Crippen LogP contribution in [0.15, 0.2) is 42.5 Å². The van der Waals surface area contributed by atoms with Crippen LogP contribution in [0.4, 0.5) is 5.69 Å². The van der Waals surface area contributed by atoms with Crippen molar-refractivity contribution in [2.75, 3.05) is 24.7 Å². The number of anilines is 1. The molecule has 0 aromatic heterocycles. The van der Waals surface area contributed by atoms with E-state index < -0.39 is 10.1 Å². The average molecular weight is 460 g/mol. The number of fused-ring (bicyclic) bond motifs is 1. The minimum atomic E-state index is -3.49. The number of benzene rings is 2. The van der Waals surface area contributed by atoms with Crippen LogP contribution < -0.4 is 9.50 Å². The summed E-state index contributed by atoms with van der Waals surface area (Å²) in [6, 6.07) is 13.8. The molecule has 0 bridgehead atoms. The molecule has 0 amide bonds. The molecule has 2 unspecified atom stereocenters. The van der Waals surface area contributed by atoms with Crippen molar-refractivity contribution in [1.82, 2.24) is 0 Å². The lowest BCUT2D eigenvalue weighted by Gasteiger charge is -2.25. The minimum absolute atomic E-state index is 0.377. The highest BCUT2D eigenvalue weighted by molar-refractivity contribution is 7.86. The van der Waals surface area contributed by atoms with Gasteiger partial charge in [0, 0.05) is 25.3 Å². The van der Waals surface area contributed by atoms with Crippen LogP contribution in [0.5, 0.6) is 5.75 Å². The van der Waals surface area contributed by atoms with Crippen LogP contribution in [-0.2, 0) is 38.9 Å². The van der Waals surface area contributed by atoms with Gasteiger partial charge in [-0.1, -0.05) is 18.2 Å². The van der Waals surface area contributed by atoms with E-state index in [0.717, 1.165) is 62.4 Å². The first-order chi connectivity index (χ1) is 15.4. The number of carbonyl (C=O) groups is 1. The summed E-state index contributed by atoms with van der Waals surface area (Å²) in [7, 11) is -3.49. The van der Waals surface area contributed by atoms with E-state index in [1.807, 2.05) is 31.2 Å². The van der Waals surface area contributed by atoms with Crippen molar-refractivity contribution in [1.29, 1.82) is 0 Å². The summed E-state index contributed by atoms with van der Waals surface area (Å²) in [5.74, 6) is 1.05. The number of hydrogen-bond donors (Lipinski definition) is 1. The molecule has 1 aliphatic rings. The molecular weight excluding hydrogens is 426 g/mol. The summed E-state index contributed by atoms with van der Waals surface area (Å²) in [6.45, 7) is 3.34. The molecule has 0 fully saturated rings. The van der Waals surface area contributed by atoms with Gasteiger partial charge in [-0.15, -0.1) is 0 Å². The van der Waals surface area contributed by atoms with Crippen molar-refractivity contribution in [3.05, 3.63) is 59.2 Å². The zero-order chi connectivity index (χ0) is 23.0. The molecule has 1 N–H and O–H groups in total. The van der Waals surface area contributed by atoms with E-state index in [1.54, 1.807) is 6.07 Å². The summed E-state index contributed by atoms with van der Waals surface area (Å²) in [5.41, 5.74) is 4.67. The van der Waals surface area contributed by atoms with Crippen molar-refractivity contribution in [3.63, 3.8) is 0 Å². The summed E-state index contributed by atoms with van der Waals surface area (Å²) >= 11 is 0. The van der Waals surface area contributed by atoms with E-state index in [-0.39, 0.29) is 6.10 Å². The molecule has 0 heterocycles. The highest BCUT2D eigenvalue weighted by Crippen LogP contribution is 2.31. The lowest BCUT2D eigenvalue weighted by Crippen LogP contribution is -2.17. The number of hydrogen-bond acceptors (Lipinski definition) is 6. The molecule has 1 aliphatic carbocycles. The monoisotopic (exact) mass is 459 g/mol. The first-order valence-corrected chi connectivity index (χ1v) is 13.1. The standard InChI is InChI=1S/C25H33NO5S/c1-3-30-25(18-27)16-20-7-11-23(12-8-20)26-14-4-5-19-6-9-22-17-24(31-32(2,28)29)13-10-21(22)15-19/h7-8,10-13,17-19,25-26H,3-6,9,14-16H2,1-2H3. The molecule has 32 heavy (non-hydrogen) atoms. The smallest absolute Gasteiger partial charge is 0.306 e. The predicted molar refractivity (Wildman–Crippen MR) is 127 cm³/mol. The number of carbonyl (C=O) groups excluding carboxylic acids is 1. The molecule has 2 aromatic rings. The van der Waals surface area contributed by atoms with Gasteiger partial charge in [-0.3, -0.25) is 0 Å². The Bertz CT molecular complexity index is 988. The van der Waals surface area contributed by atoms with E-state index in [0.29, 0.717) is 24.7 Å². The maximum atomic E-state index is 11.3. The van der Waals surface area contributed by atoms with Gasteiger partial charge in [0.05, 0.1) is 6.26 Å². The van der Waals surface area contributed by atoms with Crippen LogP contribution in [0.2, 0.25) is 0 Å². The number of rotatable bonds is 12. The Morgan fingerprint density at radius 3 is 2.62 bits per heavy atom. The zero-order valence-electron chi connectivity index (χ0n) is 18.9. The summed E-state index contributed by atoms with van der Waals surface area (Å²) in [5, 5.41) is 3.48. The Labute approximate surface area is 191 Å². The second kappa shape index (κ2) is 11.5. The van der Waals surface area contributed by atoms with E-state index in [9.17, 15) is 13.2 Å². The van der Waals surface area contributed by atoms with Gasteiger partial charge in [-0.25, -0.2) is 0 Å². The molecule has 0 aliphatic heterocycles. The average Bonchev–Trinajstić information content (AvgIpc) is 2.76. The first-order valence-electron chi connectivity index (χ1n) is 11.3. The normalized spacial score (nSPS) is 16.8. The summed E-state index contributed by atoms with van der Waals surface area (Å²) in [6.07, 6.45) is 7.50. The number of ether oxygens (including phenoxy) is 1. The molecule has 7 heteroatoms. The molecular formula is C25H33NO5S. The van der Waals surface area contributed by atoms with Gasteiger partial charge < -0.3 is 19.0 Å². The van der Waals surface area contributed by atoms with Crippen LogP contribution >= 0.6 is 0 Å². The van der Waals surface area contributed by atoms with E-state index >= 15 is 0 Å². The molecule has 2 atom stereocenters. The molecule has 6 nitrogen and oxygen atoms in total. The van der Waals surface area contributed by atoms with Gasteiger partial charge in [0.15, 0.2) is 0 Å². The van der Waals surface area contributed by atoms with Crippen LogP contribution in [0.3, 0.4) is 0 Å². The van der Waals surface area contributed by atoms with Gasteiger partial charge in [0.1, 0.15) is 18.1 Å². The largest absolute Gasteiger partial charge is 0.385 e. The second-order valence-electron chi connectivity index (χ2n) is 8.43. The Kier molecular flexibility index (Phi) is 8.70. The highest BCUT2D eigenvalue weighted by atomic mass is 32.2. The Morgan fingerprint density at radius 1 is 1.16 bits per heavy atom. The predicted octanol–water partition coefficient (Wildman–Crippen LogP) is 4.17. The van der Waals surface area contributed by atoms with Crippen LogP contribution in [0.1, 0.15) is 42.9 Å². The highest BCUT2D eigenvalue weighted by Gasteiger charge is 2.19. The van der Waals surface area contributed by atoms with Gasteiger partial charge in [0.2, 0.25) is 0 Å². The Balaban J connectivity index is 1.40. The first kappa shape index (κ1) is 24.3. The molecule has 0 radical (unpaired) electrons. The molecule has 0 saturated heterocycles. The van der Waals surface area contributed by atoms with E-state index in [1.165, 1.54) is 11.1 Å². The lowest BCUT2D eigenvalue weighted by atomic mass is 9.81. The third kappa shape index (κ3) is 7.64. The Morgan fingerprint density at radius 2 is 1.94 bits per heavy atom. The SMILES string of the molecule is CCOC(C=O)Cc1ccc(NCCCC2CCc3cc(OS(C)(=O)=O)ccc3C2)cc1. The van der Waals surface area contributed by atoms with Crippen LogP contribution in [-0.4, -0.2) is 40.2 Å². The van der Waals surface area contributed by atoms with Gasteiger partial charge in [0.25, 0.3) is 0 Å². The second-order valence-corrected chi connectivity index (χ2v) is 10.0. The third-order valence-corrected chi connectivity index (χ3v) is 6.29. The maximum Gasteiger partial charge on any atom is 0.306 e. The van der Waals surface area contributed by atoms with E-state index in [4.69, 9.17) is 8.92 Å². The van der Waals surface area contributed by atoms with Crippen LogP contribution in [0.25, 0.3) is 0 Å². The van der Waals surface area contributed by atoms with Gasteiger partial charge in [-0.2, -0.15) is 8.42 Å². The van der Waals surface area contributed by atoms with Crippen LogP contribution in [0, 0.1) is 5.92 Å². The topological polar surface area (TPSA) is 81.7 Å². The van der Waals surface area contributed by atoms with Crippen molar-refractivity contribution < 1.29 is 22.1 Å². The van der Waals surface area contributed by atoms with Crippen molar-refractivity contribution in [3.8, 4) is 5.75 Å². The quantitative estimate of drug-likeness (QED) is 0.291. The summed E-state index contributed by atoms with van der Waals surface area (Å²) < 4.78 is 33.0. The van der Waals surface area contributed by atoms with Gasteiger partial charge in [-0.05, 0) is 85.9 Å². The zero-order valence-corrected chi connectivity index (χ0v) is 19.7. The number of nitrogens with one attached hydrogen (secondary N) is 1. The third-order valence-electron chi connectivity index (χ3n) is 5.80. The lowest BCUT2D eigenvalue weighted by molar-refractivity contribution is -0.117. The molecule has 2 aromatic carbocycles. The van der Waals surface area contributed by atoms with E-state index in [2.05, 4.69) is 17.4 Å². The molecule has 3 rings (SSSR count). The fourth-order valence-corrected chi connectivity index (χ4v) is 4.71. The molecule has 0 spiro atoms. The molecule has 0 saturated carbocycles. The number of aryl methyl sites for hydroxylation is 1. The van der Waals surface area contributed by atoms with Crippen molar-refractivity contribution in [2.24, 2.45) is 5.92 Å².